The first-order valence-corrected chi connectivity index (χ1v) is 7.77. The van der Waals surface area contributed by atoms with Crippen LogP contribution in [0.2, 0.25) is 0 Å². The number of halogens is 1. The third-order valence-corrected chi connectivity index (χ3v) is 3.36. The lowest BCUT2D eigenvalue weighted by Crippen LogP contribution is -2.46. The fourth-order valence-electron chi connectivity index (χ4n) is 1.55. The first-order chi connectivity index (χ1) is 9.93. The Balaban J connectivity index is 2.56. The molecule has 0 radical (unpaired) electrons. The molecule has 0 aliphatic heterocycles. The Labute approximate surface area is 126 Å². The number of nitrogens with one attached hydrogen (secondary N) is 1. The average Bonchev–Trinajstić information content (AvgIpc) is 2.45. The minimum Gasteiger partial charge on any atom is -0.481 e. The van der Waals surface area contributed by atoms with Gasteiger partial charge in [-0.1, -0.05) is 0 Å². The van der Waals surface area contributed by atoms with Gasteiger partial charge in [-0.25, -0.2) is 9.18 Å². The Kier molecular flexibility index (Phi) is 7.01. The summed E-state index contributed by atoms with van der Waals surface area (Å²) in [5.74, 6) is -1.03. The third kappa shape index (κ3) is 6.03. The maximum atomic E-state index is 12.8. The van der Waals surface area contributed by atoms with Gasteiger partial charge < -0.3 is 15.2 Å². The van der Waals surface area contributed by atoms with Gasteiger partial charge in [-0.05, 0) is 49.6 Å². The molecule has 0 saturated carbocycles. The van der Waals surface area contributed by atoms with Crippen molar-refractivity contribution in [1.29, 1.82) is 0 Å². The molecule has 0 heterocycles. The number of carbonyl (C=O) groups excluding carboxylic acids is 1. The third-order valence-electron chi connectivity index (χ3n) is 2.72. The minimum atomic E-state index is -1.08. The van der Waals surface area contributed by atoms with Crippen LogP contribution in [0.5, 0.6) is 5.75 Å². The molecular formula is C14H18FNO4S. The van der Waals surface area contributed by atoms with Crippen molar-refractivity contribution in [3.8, 4) is 5.75 Å². The lowest BCUT2D eigenvalue weighted by Gasteiger charge is -2.18. The van der Waals surface area contributed by atoms with Crippen LogP contribution in [0, 0.1) is 5.82 Å². The molecule has 116 valence electrons. The predicted octanol–water partition coefficient (Wildman–Crippen LogP) is 1.92. The molecule has 1 aromatic carbocycles. The second kappa shape index (κ2) is 8.51. The Bertz CT molecular complexity index is 480. The molecule has 0 fully saturated rings. The summed E-state index contributed by atoms with van der Waals surface area (Å²) in [6.45, 7) is 1.51. The van der Waals surface area contributed by atoms with Gasteiger partial charge in [-0.3, -0.25) is 4.79 Å². The maximum Gasteiger partial charge on any atom is 0.326 e. The highest BCUT2D eigenvalue weighted by atomic mass is 32.2. The van der Waals surface area contributed by atoms with Gasteiger partial charge in [0.15, 0.2) is 6.10 Å². The molecule has 0 aliphatic carbocycles. The molecule has 0 unspecified atom stereocenters. The van der Waals surface area contributed by atoms with E-state index < -0.39 is 29.8 Å². The molecule has 5 nitrogen and oxygen atoms in total. The zero-order valence-corrected chi connectivity index (χ0v) is 12.7. The van der Waals surface area contributed by atoms with Crippen LogP contribution in [0.25, 0.3) is 0 Å². The van der Waals surface area contributed by atoms with E-state index in [1.165, 1.54) is 43.0 Å². The van der Waals surface area contributed by atoms with E-state index in [2.05, 4.69) is 5.32 Å². The van der Waals surface area contributed by atoms with Crippen molar-refractivity contribution in [2.45, 2.75) is 25.5 Å². The van der Waals surface area contributed by atoms with Crippen LogP contribution in [-0.2, 0) is 9.59 Å². The number of amides is 1. The van der Waals surface area contributed by atoms with Crippen molar-refractivity contribution in [1.82, 2.24) is 5.32 Å². The Morgan fingerprint density at radius 1 is 1.38 bits per heavy atom. The van der Waals surface area contributed by atoms with E-state index in [4.69, 9.17) is 9.84 Å². The molecule has 2 N–H and O–H groups in total. The smallest absolute Gasteiger partial charge is 0.326 e. The molecule has 7 heteroatoms. The molecule has 2 atom stereocenters. The number of ether oxygens (including phenoxy) is 1. The molecule has 0 bridgehead atoms. The zero-order valence-electron chi connectivity index (χ0n) is 11.8. The molecule has 0 spiro atoms. The van der Waals surface area contributed by atoms with Crippen LogP contribution in [0.15, 0.2) is 24.3 Å². The van der Waals surface area contributed by atoms with Crippen LogP contribution >= 0.6 is 11.8 Å². The van der Waals surface area contributed by atoms with E-state index in [1.54, 1.807) is 0 Å². The standard InChI is InChI=1S/C14H18FNO4S/c1-9(20-11-5-3-10(15)4-6-11)13(17)16-12(14(18)19)7-8-21-2/h3-6,9,12H,7-8H2,1-2H3,(H,16,17)(H,18,19)/t9-,12-/m0/s1. The van der Waals surface area contributed by atoms with Crippen LogP contribution in [-0.4, -0.2) is 41.1 Å². The van der Waals surface area contributed by atoms with Crippen molar-refractivity contribution in [2.24, 2.45) is 0 Å². The second-order valence-corrected chi connectivity index (χ2v) is 5.38. The number of benzene rings is 1. The summed E-state index contributed by atoms with van der Waals surface area (Å²) >= 11 is 1.51. The van der Waals surface area contributed by atoms with Crippen molar-refractivity contribution in [3.05, 3.63) is 30.1 Å². The molecule has 1 aromatic rings. The molecule has 0 saturated heterocycles. The van der Waals surface area contributed by atoms with Gasteiger partial charge >= 0.3 is 5.97 Å². The van der Waals surface area contributed by atoms with E-state index in [9.17, 15) is 14.0 Å². The van der Waals surface area contributed by atoms with Gasteiger partial charge in [-0.2, -0.15) is 11.8 Å². The van der Waals surface area contributed by atoms with E-state index in [0.717, 1.165) is 0 Å². The van der Waals surface area contributed by atoms with E-state index in [1.807, 2.05) is 6.26 Å². The fourth-order valence-corrected chi connectivity index (χ4v) is 2.02. The lowest BCUT2D eigenvalue weighted by molar-refractivity contribution is -0.142. The normalized spacial score (nSPS) is 13.3. The minimum absolute atomic E-state index is 0.339. The van der Waals surface area contributed by atoms with Gasteiger partial charge in [0.05, 0.1) is 0 Å². The van der Waals surface area contributed by atoms with Gasteiger partial charge in [0.1, 0.15) is 17.6 Å². The Morgan fingerprint density at radius 2 is 2.00 bits per heavy atom. The summed E-state index contributed by atoms with van der Waals surface area (Å²) in [7, 11) is 0. The average molecular weight is 315 g/mol. The molecule has 21 heavy (non-hydrogen) atoms. The highest BCUT2D eigenvalue weighted by Gasteiger charge is 2.23. The SMILES string of the molecule is CSCC[C@H](NC(=O)[C@H](C)Oc1ccc(F)cc1)C(=O)O. The summed E-state index contributed by atoms with van der Waals surface area (Å²) in [5.41, 5.74) is 0. The summed E-state index contributed by atoms with van der Waals surface area (Å²) in [6.07, 6.45) is 1.33. The number of carboxylic acid groups (broad SMARTS) is 1. The number of aliphatic carboxylic acids is 1. The largest absolute Gasteiger partial charge is 0.481 e. The number of thioether (sulfide) groups is 1. The van der Waals surface area contributed by atoms with Gasteiger partial charge in [0, 0.05) is 0 Å². The van der Waals surface area contributed by atoms with Gasteiger partial charge in [0.25, 0.3) is 5.91 Å². The molecule has 1 rings (SSSR count). The van der Waals surface area contributed by atoms with Crippen LogP contribution in [0.4, 0.5) is 4.39 Å². The number of hydrogen-bond acceptors (Lipinski definition) is 4. The Hall–Kier alpha value is -1.76. The lowest BCUT2D eigenvalue weighted by atomic mass is 10.2. The maximum absolute atomic E-state index is 12.8. The van der Waals surface area contributed by atoms with E-state index in [-0.39, 0.29) is 0 Å². The molecule has 0 aromatic heterocycles. The van der Waals surface area contributed by atoms with Crippen molar-refractivity contribution in [3.63, 3.8) is 0 Å². The number of carboxylic acids is 1. The van der Waals surface area contributed by atoms with E-state index >= 15 is 0 Å². The first-order valence-electron chi connectivity index (χ1n) is 6.38. The highest BCUT2D eigenvalue weighted by Crippen LogP contribution is 2.13. The molecular weight excluding hydrogens is 297 g/mol. The monoisotopic (exact) mass is 315 g/mol. The van der Waals surface area contributed by atoms with Crippen molar-refractivity contribution in [2.75, 3.05) is 12.0 Å². The number of hydrogen-bond donors (Lipinski definition) is 2. The van der Waals surface area contributed by atoms with Gasteiger partial charge in [0.2, 0.25) is 0 Å². The summed E-state index contributed by atoms with van der Waals surface area (Å²) < 4.78 is 18.1. The Morgan fingerprint density at radius 3 is 2.52 bits per heavy atom. The van der Waals surface area contributed by atoms with Crippen LogP contribution in [0.3, 0.4) is 0 Å². The second-order valence-electron chi connectivity index (χ2n) is 4.39. The molecule has 0 aliphatic rings. The summed E-state index contributed by atoms with van der Waals surface area (Å²) in [5, 5.41) is 11.5. The topological polar surface area (TPSA) is 75.6 Å². The molecule has 1 amide bonds. The summed E-state index contributed by atoms with van der Waals surface area (Å²) in [6, 6.07) is 4.31. The first kappa shape index (κ1) is 17.3. The fraction of sp³-hybridized carbons (Fsp3) is 0.429. The predicted molar refractivity (Wildman–Crippen MR) is 79.1 cm³/mol. The van der Waals surface area contributed by atoms with E-state index in [0.29, 0.717) is 17.9 Å². The summed E-state index contributed by atoms with van der Waals surface area (Å²) in [4.78, 5) is 23.0. The van der Waals surface area contributed by atoms with Crippen LogP contribution in [0.1, 0.15) is 13.3 Å². The number of rotatable bonds is 8. The highest BCUT2D eigenvalue weighted by molar-refractivity contribution is 7.98. The van der Waals surface area contributed by atoms with Crippen molar-refractivity contribution >= 4 is 23.6 Å². The quantitative estimate of drug-likeness (QED) is 0.766. The van der Waals surface area contributed by atoms with Crippen LogP contribution < -0.4 is 10.1 Å². The van der Waals surface area contributed by atoms with Crippen molar-refractivity contribution < 1.29 is 23.8 Å². The zero-order chi connectivity index (χ0) is 15.8. The number of carbonyl (C=O) groups is 2. The van der Waals surface area contributed by atoms with Gasteiger partial charge in [-0.15, -0.1) is 0 Å².